The van der Waals surface area contributed by atoms with Crippen LogP contribution in [0, 0.1) is 0 Å². The molecule has 0 N–H and O–H groups in total. The summed E-state index contributed by atoms with van der Waals surface area (Å²) in [5.41, 5.74) is 2.48. The molecule has 2 aromatic rings. The van der Waals surface area contributed by atoms with Crippen molar-refractivity contribution >= 4 is 23.7 Å². The van der Waals surface area contributed by atoms with E-state index in [1.54, 1.807) is 0 Å². The Bertz CT molecular complexity index is 813. The maximum absolute atomic E-state index is 11.4. The van der Waals surface area contributed by atoms with Gasteiger partial charge in [-0.3, -0.25) is 0 Å². The fraction of sp³-hybridized carbons (Fsp3) is 0.280. The van der Waals surface area contributed by atoms with Crippen molar-refractivity contribution < 1.29 is 19.1 Å². The lowest BCUT2D eigenvalue weighted by atomic mass is 10.0. The van der Waals surface area contributed by atoms with Crippen LogP contribution in [0.2, 0.25) is 0 Å². The standard InChI is InChI=1S/C25H26O4S/c1-3-24(26)28-20-14-10-18(11-15-20)22-8-6-5-7-9-23(30-22)19-12-16-21(17-13-19)29-25(27)4-2/h3-4,10-17,22-23H,1-2,5-9H2. The Balaban J connectivity index is 1.72. The van der Waals surface area contributed by atoms with Gasteiger partial charge in [-0.15, -0.1) is 11.8 Å². The Hall–Kier alpha value is -2.79. The van der Waals surface area contributed by atoms with Crippen LogP contribution in [0.3, 0.4) is 0 Å². The third-order valence-corrected chi connectivity index (χ3v) is 6.71. The normalized spacial score (nSPS) is 19.1. The summed E-state index contributed by atoms with van der Waals surface area (Å²) in [6.07, 6.45) is 8.17. The summed E-state index contributed by atoms with van der Waals surface area (Å²) in [4.78, 5) is 22.7. The number of hydrogen-bond donors (Lipinski definition) is 0. The molecule has 1 fully saturated rings. The molecule has 5 heteroatoms. The van der Waals surface area contributed by atoms with E-state index in [-0.39, 0.29) is 0 Å². The first-order valence-corrected chi connectivity index (χ1v) is 11.1. The number of ether oxygens (including phenoxy) is 2. The molecule has 1 saturated heterocycles. The molecule has 156 valence electrons. The minimum absolute atomic E-state index is 0.373. The van der Waals surface area contributed by atoms with E-state index in [0.29, 0.717) is 22.0 Å². The summed E-state index contributed by atoms with van der Waals surface area (Å²) in [6, 6.07) is 15.5. The molecule has 0 saturated carbocycles. The average molecular weight is 423 g/mol. The van der Waals surface area contributed by atoms with Crippen molar-refractivity contribution in [3.63, 3.8) is 0 Å². The zero-order valence-corrected chi connectivity index (χ0v) is 17.7. The molecule has 1 heterocycles. The molecule has 0 amide bonds. The van der Waals surface area contributed by atoms with Gasteiger partial charge >= 0.3 is 11.9 Å². The third kappa shape index (κ3) is 6.10. The van der Waals surface area contributed by atoms with Crippen molar-refractivity contribution in [2.45, 2.75) is 42.6 Å². The minimum Gasteiger partial charge on any atom is -0.423 e. The summed E-state index contributed by atoms with van der Waals surface area (Å²) < 4.78 is 10.4. The second-order valence-corrected chi connectivity index (χ2v) is 8.55. The number of rotatable bonds is 6. The molecule has 2 aromatic carbocycles. The molecule has 1 aliphatic heterocycles. The van der Waals surface area contributed by atoms with Gasteiger partial charge in [-0.2, -0.15) is 0 Å². The Kier molecular flexibility index (Phi) is 7.91. The van der Waals surface area contributed by atoms with Crippen LogP contribution >= 0.6 is 11.8 Å². The van der Waals surface area contributed by atoms with Gasteiger partial charge in [-0.25, -0.2) is 9.59 Å². The van der Waals surface area contributed by atoms with E-state index in [1.165, 1.54) is 30.4 Å². The number of carbonyl (C=O) groups excluding carboxylic acids is 2. The second kappa shape index (κ2) is 10.8. The van der Waals surface area contributed by atoms with E-state index >= 15 is 0 Å². The number of carbonyl (C=O) groups is 2. The van der Waals surface area contributed by atoms with Crippen molar-refractivity contribution in [2.24, 2.45) is 0 Å². The summed E-state index contributed by atoms with van der Waals surface area (Å²) in [7, 11) is 0. The molecule has 0 spiro atoms. The highest BCUT2D eigenvalue weighted by Crippen LogP contribution is 2.47. The molecule has 0 aromatic heterocycles. The fourth-order valence-corrected chi connectivity index (χ4v) is 5.11. The van der Waals surface area contributed by atoms with E-state index in [0.717, 1.165) is 25.0 Å². The van der Waals surface area contributed by atoms with Gasteiger partial charge in [0.25, 0.3) is 0 Å². The van der Waals surface area contributed by atoms with Crippen molar-refractivity contribution in [3.05, 3.63) is 85.0 Å². The number of benzene rings is 2. The monoisotopic (exact) mass is 422 g/mol. The summed E-state index contributed by atoms with van der Waals surface area (Å²) >= 11 is 1.97. The molecular weight excluding hydrogens is 396 g/mol. The minimum atomic E-state index is -0.453. The van der Waals surface area contributed by atoms with Crippen molar-refractivity contribution in [1.82, 2.24) is 0 Å². The lowest BCUT2D eigenvalue weighted by molar-refractivity contribution is -0.129. The van der Waals surface area contributed by atoms with Crippen LogP contribution in [0.5, 0.6) is 11.5 Å². The molecule has 0 radical (unpaired) electrons. The van der Waals surface area contributed by atoms with Crippen LogP contribution in [0.25, 0.3) is 0 Å². The van der Waals surface area contributed by atoms with E-state index in [1.807, 2.05) is 60.3 Å². The lowest BCUT2D eigenvalue weighted by Gasteiger charge is -2.27. The summed E-state index contributed by atoms with van der Waals surface area (Å²) in [5.74, 6) is 0.150. The van der Waals surface area contributed by atoms with Crippen LogP contribution in [-0.2, 0) is 9.59 Å². The first-order chi connectivity index (χ1) is 14.6. The van der Waals surface area contributed by atoms with Gasteiger partial charge in [-0.1, -0.05) is 56.7 Å². The highest BCUT2D eigenvalue weighted by atomic mass is 32.2. The molecule has 0 aliphatic carbocycles. The van der Waals surface area contributed by atoms with Gasteiger partial charge in [0, 0.05) is 22.7 Å². The molecule has 0 bridgehead atoms. The zero-order chi connectivity index (χ0) is 21.3. The van der Waals surface area contributed by atoms with Gasteiger partial charge in [0.2, 0.25) is 0 Å². The van der Waals surface area contributed by atoms with Crippen LogP contribution in [-0.4, -0.2) is 11.9 Å². The van der Waals surface area contributed by atoms with Gasteiger partial charge in [0.1, 0.15) is 11.5 Å². The molecule has 1 aliphatic rings. The van der Waals surface area contributed by atoms with E-state index < -0.39 is 11.9 Å². The van der Waals surface area contributed by atoms with Gasteiger partial charge in [0.05, 0.1) is 0 Å². The largest absolute Gasteiger partial charge is 0.423 e. The van der Waals surface area contributed by atoms with Crippen LogP contribution in [0.1, 0.15) is 53.7 Å². The predicted octanol–water partition coefficient (Wildman–Crippen LogP) is 6.35. The predicted molar refractivity (Wildman–Crippen MR) is 121 cm³/mol. The van der Waals surface area contributed by atoms with Crippen molar-refractivity contribution in [3.8, 4) is 11.5 Å². The molecule has 3 rings (SSSR count). The fourth-order valence-electron chi connectivity index (χ4n) is 3.48. The Morgan fingerprint density at radius 3 is 1.50 bits per heavy atom. The highest BCUT2D eigenvalue weighted by molar-refractivity contribution is 7.99. The van der Waals surface area contributed by atoms with Crippen molar-refractivity contribution in [1.29, 1.82) is 0 Å². The smallest absolute Gasteiger partial charge is 0.335 e. The van der Waals surface area contributed by atoms with Crippen molar-refractivity contribution in [2.75, 3.05) is 0 Å². The topological polar surface area (TPSA) is 52.6 Å². The van der Waals surface area contributed by atoms with E-state index in [2.05, 4.69) is 13.2 Å². The van der Waals surface area contributed by atoms with Crippen LogP contribution in [0.15, 0.2) is 73.8 Å². The number of thioether (sulfide) groups is 1. The summed E-state index contributed by atoms with van der Waals surface area (Å²) in [5, 5.41) is 0.746. The zero-order valence-electron chi connectivity index (χ0n) is 16.9. The quantitative estimate of drug-likeness (QED) is 0.308. The molecule has 2 unspecified atom stereocenters. The third-order valence-electron chi connectivity index (χ3n) is 5.04. The van der Waals surface area contributed by atoms with E-state index in [4.69, 9.17) is 9.47 Å². The maximum atomic E-state index is 11.4. The first kappa shape index (κ1) is 21.9. The van der Waals surface area contributed by atoms with Gasteiger partial charge in [0.15, 0.2) is 0 Å². The van der Waals surface area contributed by atoms with E-state index in [9.17, 15) is 9.59 Å². The first-order valence-electron chi connectivity index (χ1n) is 10.1. The molecule has 2 atom stereocenters. The Labute approximate surface area is 182 Å². The lowest BCUT2D eigenvalue weighted by Crippen LogP contribution is -2.06. The maximum Gasteiger partial charge on any atom is 0.335 e. The molecule has 30 heavy (non-hydrogen) atoms. The van der Waals surface area contributed by atoms with Gasteiger partial charge < -0.3 is 9.47 Å². The van der Waals surface area contributed by atoms with Crippen LogP contribution < -0.4 is 9.47 Å². The second-order valence-electron chi connectivity index (χ2n) is 7.14. The number of esters is 2. The Morgan fingerprint density at radius 2 is 1.13 bits per heavy atom. The van der Waals surface area contributed by atoms with Gasteiger partial charge in [-0.05, 0) is 48.2 Å². The summed E-state index contributed by atoms with van der Waals surface area (Å²) in [6.45, 7) is 6.84. The SMILES string of the molecule is C=CC(=O)Oc1ccc(C2CCCCCC(c3ccc(OC(=O)C=C)cc3)S2)cc1. The average Bonchev–Trinajstić information content (AvgIpc) is 2.75. The number of hydrogen-bond acceptors (Lipinski definition) is 5. The Morgan fingerprint density at radius 1 is 0.733 bits per heavy atom. The molecular formula is C25H26O4S. The molecule has 4 nitrogen and oxygen atoms in total. The van der Waals surface area contributed by atoms with Crippen LogP contribution in [0.4, 0.5) is 0 Å². The highest BCUT2D eigenvalue weighted by Gasteiger charge is 2.22.